The van der Waals surface area contributed by atoms with Crippen molar-refractivity contribution in [2.24, 2.45) is 5.92 Å². The third-order valence-corrected chi connectivity index (χ3v) is 5.73. The number of likely N-dealkylation sites (tertiary alicyclic amines) is 1. The van der Waals surface area contributed by atoms with Crippen molar-refractivity contribution in [3.8, 4) is 11.4 Å². The van der Waals surface area contributed by atoms with E-state index >= 15 is 0 Å². The number of aromatic nitrogens is 2. The second-order valence-electron chi connectivity index (χ2n) is 7.90. The van der Waals surface area contributed by atoms with Crippen LogP contribution in [0, 0.1) is 5.92 Å². The van der Waals surface area contributed by atoms with Crippen molar-refractivity contribution in [3.63, 3.8) is 0 Å². The largest absolute Gasteiger partial charge is 0.492 e. The molecule has 1 aromatic heterocycles. The first kappa shape index (κ1) is 19.6. The summed E-state index contributed by atoms with van der Waals surface area (Å²) in [7, 11) is 0. The lowest BCUT2D eigenvalue weighted by Gasteiger charge is -2.23. The molecule has 5 heteroatoms. The molecule has 0 N–H and O–H groups in total. The number of hydrogen-bond donors (Lipinski definition) is 0. The molecule has 0 saturated carbocycles. The Labute approximate surface area is 171 Å². The lowest BCUT2D eigenvalue weighted by molar-refractivity contribution is 0.264. The average molecular weight is 392 g/mol. The molecule has 3 aromatic rings. The Hall–Kier alpha value is -2.66. The van der Waals surface area contributed by atoms with Crippen LogP contribution in [0.15, 0.2) is 53.3 Å². The molecule has 1 fully saturated rings. The number of hydrogen-bond acceptors (Lipinski definition) is 4. The first-order chi connectivity index (χ1) is 14.2. The van der Waals surface area contributed by atoms with Crippen LogP contribution in [-0.4, -0.2) is 34.1 Å². The topological polar surface area (TPSA) is 47.4 Å². The van der Waals surface area contributed by atoms with Gasteiger partial charge < -0.3 is 4.74 Å². The van der Waals surface area contributed by atoms with E-state index in [-0.39, 0.29) is 5.56 Å². The second-order valence-corrected chi connectivity index (χ2v) is 7.90. The highest BCUT2D eigenvalue weighted by Gasteiger charge is 2.20. The Morgan fingerprint density at radius 2 is 1.86 bits per heavy atom. The van der Waals surface area contributed by atoms with Crippen molar-refractivity contribution >= 4 is 10.9 Å². The maximum Gasteiger partial charge on any atom is 0.266 e. The number of benzene rings is 2. The van der Waals surface area contributed by atoms with Crippen LogP contribution in [0.25, 0.3) is 16.6 Å². The molecule has 1 aliphatic heterocycles. The summed E-state index contributed by atoms with van der Waals surface area (Å²) in [5.41, 5.74) is 1.47. The Bertz CT molecular complexity index is 1040. The van der Waals surface area contributed by atoms with Crippen LogP contribution in [0.5, 0.6) is 5.75 Å². The van der Waals surface area contributed by atoms with E-state index in [1.807, 2.05) is 55.5 Å². The summed E-state index contributed by atoms with van der Waals surface area (Å²) in [6.45, 7) is 7.57. The van der Waals surface area contributed by atoms with E-state index in [9.17, 15) is 4.79 Å². The third kappa shape index (κ3) is 4.20. The quantitative estimate of drug-likeness (QED) is 0.646. The number of rotatable bonds is 5. The maximum absolute atomic E-state index is 13.5. The smallest absolute Gasteiger partial charge is 0.266 e. The van der Waals surface area contributed by atoms with Crippen LogP contribution in [0.4, 0.5) is 0 Å². The van der Waals surface area contributed by atoms with Gasteiger partial charge in [-0.25, -0.2) is 4.98 Å². The summed E-state index contributed by atoms with van der Waals surface area (Å²) >= 11 is 0. The van der Waals surface area contributed by atoms with E-state index in [1.54, 1.807) is 4.57 Å². The van der Waals surface area contributed by atoms with Gasteiger partial charge in [-0.05, 0) is 69.5 Å². The van der Waals surface area contributed by atoms with Gasteiger partial charge >= 0.3 is 0 Å². The Balaban J connectivity index is 1.84. The van der Waals surface area contributed by atoms with Crippen molar-refractivity contribution in [2.75, 3.05) is 19.7 Å². The van der Waals surface area contributed by atoms with E-state index in [2.05, 4.69) is 11.8 Å². The zero-order valence-corrected chi connectivity index (χ0v) is 17.3. The first-order valence-electron chi connectivity index (χ1n) is 10.6. The highest BCUT2D eigenvalue weighted by Crippen LogP contribution is 2.25. The highest BCUT2D eigenvalue weighted by molar-refractivity contribution is 5.78. The van der Waals surface area contributed by atoms with Crippen LogP contribution in [0.3, 0.4) is 0 Å². The van der Waals surface area contributed by atoms with Crippen LogP contribution in [0.1, 0.15) is 38.9 Å². The van der Waals surface area contributed by atoms with Gasteiger partial charge in [0.25, 0.3) is 5.56 Å². The minimum atomic E-state index is -0.0408. The summed E-state index contributed by atoms with van der Waals surface area (Å²) in [6, 6.07) is 15.3. The monoisotopic (exact) mass is 391 g/mol. The molecule has 0 radical (unpaired) electrons. The average Bonchev–Trinajstić information content (AvgIpc) is 2.93. The second kappa shape index (κ2) is 8.78. The van der Waals surface area contributed by atoms with Gasteiger partial charge in [0.05, 0.1) is 29.7 Å². The van der Waals surface area contributed by atoms with Crippen LogP contribution in [0.2, 0.25) is 0 Å². The number of fused-ring (bicyclic) bond motifs is 1. The van der Waals surface area contributed by atoms with Crippen LogP contribution in [-0.2, 0) is 6.54 Å². The molecule has 0 aliphatic carbocycles. The molecule has 0 bridgehead atoms. The predicted molar refractivity (Wildman–Crippen MR) is 117 cm³/mol. The van der Waals surface area contributed by atoms with Crippen molar-refractivity contribution in [1.29, 1.82) is 0 Å². The van der Waals surface area contributed by atoms with Gasteiger partial charge in [0.1, 0.15) is 11.6 Å². The van der Waals surface area contributed by atoms with Gasteiger partial charge in [-0.15, -0.1) is 0 Å². The summed E-state index contributed by atoms with van der Waals surface area (Å²) in [4.78, 5) is 20.9. The molecule has 1 atom stereocenters. The summed E-state index contributed by atoms with van der Waals surface area (Å²) < 4.78 is 7.59. The van der Waals surface area contributed by atoms with Gasteiger partial charge in [-0.2, -0.15) is 0 Å². The zero-order valence-electron chi connectivity index (χ0n) is 17.3. The molecule has 1 unspecified atom stereocenters. The van der Waals surface area contributed by atoms with Gasteiger partial charge in [-0.1, -0.05) is 31.2 Å². The van der Waals surface area contributed by atoms with E-state index in [0.717, 1.165) is 36.0 Å². The minimum absolute atomic E-state index is 0.0408. The number of ether oxygens (including phenoxy) is 1. The molecule has 29 heavy (non-hydrogen) atoms. The molecule has 1 aliphatic rings. The zero-order chi connectivity index (χ0) is 20.2. The molecule has 4 rings (SSSR count). The van der Waals surface area contributed by atoms with Crippen LogP contribution < -0.4 is 10.3 Å². The number of para-hydroxylation sites is 3. The van der Waals surface area contributed by atoms with Gasteiger partial charge in [0.2, 0.25) is 0 Å². The first-order valence-corrected chi connectivity index (χ1v) is 10.6. The van der Waals surface area contributed by atoms with Gasteiger partial charge in [0.15, 0.2) is 0 Å². The molecule has 0 spiro atoms. The predicted octanol–water partition coefficient (Wildman–Crippen LogP) is 4.41. The Morgan fingerprint density at radius 3 is 2.72 bits per heavy atom. The van der Waals surface area contributed by atoms with E-state index in [4.69, 9.17) is 9.72 Å². The van der Waals surface area contributed by atoms with E-state index < -0.39 is 0 Å². The SMILES string of the molecule is CCOc1ccccc1-n1c(CN2CCCC(C)CC2)nc2ccccc2c1=O. The summed E-state index contributed by atoms with van der Waals surface area (Å²) in [5.74, 6) is 2.24. The fraction of sp³-hybridized carbons (Fsp3) is 0.417. The molecular weight excluding hydrogens is 362 g/mol. The highest BCUT2D eigenvalue weighted by atomic mass is 16.5. The van der Waals surface area contributed by atoms with E-state index in [1.165, 1.54) is 19.3 Å². The lowest BCUT2D eigenvalue weighted by atomic mass is 10.0. The molecule has 152 valence electrons. The van der Waals surface area contributed by atoms with E-state index in [0.29, 0.717) is 24.3 Å². The fourth-order valence-electron chi connectivity index (χ4n) is 4.13. The third-order valence-electron chi connectivity index (χ3n) is 5.73. The van der Waals surface area contributed by atoms with Crippen LogP contribution >= 0.6 is 0 Å². The maximum atomic E-state index is 13.5. The fourth-order valence-corrected chi connectivity index (χ4v) is 4.13. The number of nitrogens with zero attached hydrogens (tertiary/aromatic N) is 3. The molecule has 2 aromatic carbocycles. The minimum Gasteiger partial charge on any atom is -0.492 e. The van der Waals surface area contributed by atoms with Crippen molar-refractivity contribution in [2.45, 2.75) is 39.7 Å². The molecule has 5 nitrogen and oxygen atoms in total. The van der Waals surface area contributed by atoms with Gasteiger partial charge in [0, 0.05) is 0 Å². The molecule has 2 heterocycles. The van der Waals surface area contributed by atoms with Crippen molar-refractivity contribution < 1.29 is 4.74 Å². The lowest BCUT2D eigenvalue weighted by Crippen LogP contribution is -2.31. The van der Waals surface area contributed by atoms with Crippen molar-refractivity contribution in [3.05, 3.63) is 64.7 Å². The normalized spacial score (nSPS) is 17.9. The Kier molecular flexibility index (Phi) is 5.95. The molecular formula is C24H29N3O2. The Morgan fingerprint density at radius 1 is 1.07 bits per heavy atom. The summed E-state index contributed by atoms with van der Waals surface area (Å²) in [5, 5.41) is 0.632. The van der Waals surface area contributed by atoms with Crippen molar-refractivity contribution in [1.82, 2.24) is 14.5 Å². The standard InChI is InChI=1S/C24H29N3O2/c1-3-29-22-13-7-6-12-21(22)27-23(17-26-15-8-9-18(2)14-16-26)25-20-11-5-4-10-19(20)24(27)28/h4-7,10-13,18H,3,8-9,14-17H2,1-2H3. The van der Waals surface area contributed by atoms with Gasteiger partial charge in [-0.3, -0.25) is 14.3 Å². The summed E-state index contributed by atoms with van der Waals surface area (Å²) in [6.07, 6.45) is 3.64. The molecule has 0 amide bonds. The molecule has 1 saturated heterocycles.